The number of hydrogen-bond donors (Lipinski definition) is 0. The molecule has 0 amide bonds. The van der Waals surface area contributed by atoms with Crippen molar-refractivity contribution in [3.63, 3.8) is 0 Å². The third-order valence-electron chi connectivity index (χ3n) is 0.495. The van der Waals surface area contributed by atoms with Gasteiger partial charge in [-0.15, -0.1) is 0 Å². The standard InChI is InChI=1S/C4H4F4O/c1-2-9-4(7,8)3(5)6/h2-3H,1H2. The van der Waals surface area contributed by atoms with Crippen LogP contribution in [0.3, 0.4) is 0 Å². The van der Waals surface area contributed by atoms with Crippen LogP contribution in [-0.4, -0.2) is 12.5 Å². The first kappa shape index (κ1) is 8.26. The number of rotatable bonds is 3. The largest absolute Gasteiger partial charge is 0.460 e. The van der Waals surface area contributed by atoms with Gasteiger partial charge in [0.05, 0.1) is 6.26 Å². The molecule has 0 heterocycles. The third-order valence-corrected chi connectivity index (χ3v) is 0.495. The van der Waals surface area contributed by atoms with Gasteiger partial charge < -0.3 is 4.74 Å². The Balaban J connectivity index is 3.84. The second-order valence-electron chi connectivity index (χ2n) is 1.15. The predicted octanol–water partition coefficient (Wildman–Crippen LogP) is 2.00. The van der Waals surface area contributed by atoms with Gasteiger partial charge in [-0.25, -0.2) is 0 Å². The minimum atomic E-state index is -4.40. The van der Waals surface area contributed by atoms with Crippen LogP contribution in [0, 0.1) is 0 Å². The second kappa shape index (κ2) is 2.70. The SMILES string of the molecule is C=COC(F)(F)C(F)F. The van der Waals surface area contributed by atoms with Gasteiger partial charge in [-0.1, -0.05) is 6.58 Å². The van der Waals surface area contributed by atoms with E-state index in [0.717, 1.165) is 0 Å². The molecule has 5 heteroatoms. The molecule has 0 aromatic rings. The van der Waals surface area contributed by atoms with Crippen LogP contribution in [0.25, 0.3) is 0 Å². The Morgan fingerprint density at radius 3 is 2.00 bits per heavy atom. The Morgan fingerprint density at radius 2 is 1.89 bits per heavy atom. The monoisotopic (exact) mass is 144 g/mol. The predicted molar refractivity (Wildman–Crippen MR) is 22.2 cm³/mol. The summed E-state index contributed by atoms with van der Waals surface area (Å²) in [4.78, 5) is 0. The van der Waals surface area contributed by atoms with Crippen molar-refractivity contribution in [2.45, 2.75) is 12.5 Å². The molecule has 0 saturated heterocycles. The molecule has 0 saturated carbocycles. The number of alkyl halides is 4. The zero-order valence-electron chi connectivity index (χ0n) is 4.28. The van der Waals surface area contributed by atoms with Gasteiger partial charge in [-0.2, -0.15) is 17.6 Å². The third kappa shape index (κ3) is 2.34. The first-order valence-electron chi connectivity index (χ1n) is 1.95. The van der Waals surface area contributed by atoms with E-state index in [2.05, 4.69) is 11.3 Å². The van der Waals surface area contributed by atoms with Gasteiger partial charge in [0, 0.05) is 0 Å². The molecule has 0 atom stereocenters. The Labute approximate surface area is 48.9 Å². The Hall–Kier alpha value is -0.740. The van der Waals surface area contributed by atoms with Gasteiger partial charge in [0.25, 0.3) is 0 Å². The lowest BCUT2D eigenvalue weighted by Gasteiger charge is -2.12. The summed E-state index contributed by atoms with van der Waals surface area (Å²) in [5.41, 5.74) is 0. The van der Waals surface area contributed by atoms with Crippen LogP contribution in [0.5, 0.6) is 0 Å². The summed E-state index contributed by atoms with van der Waals surface area (Å²) in [5.74, 6) is 0. The highest BCUT2D eigenvalue weighted by Crippen LogP contribution is 2.23. The van der Waals surface area contributed by atoms with E-state index in [1.54, 1.807) is 0 Å². The molecular weight excluding hydrogens is 140 g/mol. The highest BCUT2D eigenvalue weighted by atomic mass is 19.3. The molecular formula is C4H4F4O. The minimum absolute atomic E-state index is 0.270. The van der Waals surface area contributed by atoms with Gasteiger partial charge in [0.2, 0.25) is 0 Å². The van der Waals surface area contributed by atoms with E-state index >= 15 is 0 Å². The maximum atomic E-state index is 11.5. The molecule has 0 unspecified atom stereocenters. The molecule has 0 rings (SSSR count). The van der Waals surface area contributed by atoms with E-state index in [9.17, 15) is 17.6 Å². The lowest BCUT2D eigenvalue weighted by molar-refractivity contribution is -0.274. The van der Waals surface area contributed by atoms with E-state index in [1.165, 1.54) is 0 Å². The maximum absolute atomic E-state index is 11.5. The molecule has 0 aliphatic rings. The van der Waals surface area contributed by atoms with E-state index < -0.39 is 12.5 Å². The van der Waals surface area contributed by atoms with Crippen molar-refractivity contribution in [3.05, 3.63) is 12.8 Å². The lowest BCUT2D eigenvalue weighted by atomic mass is 10.7. The smallest absolute Gasteiger partial charge is 0.437 e. The summed E-state index contributed by atoms with van der Waals surface area (Å²) in [5, 5.41) is 0. The van der Waals surface area contributed by atoms with Gasteiger partial charge in [-0.05, 0) is 0 Å². The summed E-state index contributed by atoms with van der Waals surface area (Å²) < 4.78 is 48.3. The van der Waals surface area contributed by atoms with Crippen LogP contribution >= 0.6 is 0 Å². The van der Waals surface area contributed by atoms with Gasteiger partial charge >= 0.3 is 12.5 Å². The van der Waals surface area contributed by atoms with Crippen LogP contribution in [0.1, 0.15) is 0 Å². The lowest BCUT2D eigenvalue weighted by Crippen LogP contribution is -2.27. The fraction of sp³-hybridized carbons (Fsp3) is 0.500. The number of hydrogen-bond acceptors (Lipinski definition) is 1. The summed E-state index contributed by atoms with van der Waals surface area (Å²) in [7, 11) is 0. The van der Waals surface area contributed by atoms with Gasteiger partial charge in [0.1, 0.15) is 0 Å². The van der Waals surface area contributed by atoms with Crippen molar-refractivity contribution in [1.29, 1.82) is 0 Å². The first-order valence-corrected chi connectivity index (χ1v) is 1.95. The Bertz CT molecular complexity index is 101. The van der Waals surface area contributed by atoms with Crippen molar-refractivity contribution in [2.75, 3.05) is 0 Å². The number of halogens is 4. The summed E-state index contributed by atoms with van der Waals surface area (Å²) in [6, 6.07) is 0. The van der Waals surface area contributed by atoms with Gasteiger partial charge in [0.15, 0.2) is 0 Å². The van der Waals surface area contributed by atoms with Crippen LogP contribution in [0.2, 0.25) is 0 Å². The van der Waals surface area contributed by atoms with Crippen molar-refractivity contribution in [3.8, 4) is 0 Å². The molecule has 0 aliphatic heterocycles. The van der Waals surface area contributed by atoms with Crippen LogP contribution in [0.4, 0.5) is 17.6 Å². The molecule has 0 aromatic heterocycles. The molecule has 0 fully saturated rings. The molecule has 54 valence electrons. The van der Waals surface area contributed by atoms with E-state index in [4.69, 9.17) is 0 Å². The Morgan fingerprint density at radius 1 is 1.44 bits per heavy atom. The molecule has 0 radical (unpaired) electrons. The summed E-state index contributed by atoms with van der Waals surface area (Å²) in [6.45, 7) is 2.69. The average molecular weight is 144 g/mol. The number of ether oxygens (including phenoxy) is 1. The fourth-order valence-electron chi connectivity index (χ4n) is 0.163. The summed E-state index contributed by atoms with van der Waals surface area (Å²) in [6.07, 6.45) is -7.94. The molecule has 0 bridgehead atoms. The van der Waals surface area contributed by atoms with Crippen molar-refractivity contribution < 1.29 is 22.3 Å². The second-order valence-corrected chi connectivity index (χ2v) is 1.15. The van der Waals surface area contributed by atoms with Crippen molar-refractivity contribution >= 4 is 0 Å². The van der Waals surface area contributed by atoms with E-state index in [0.29, 0.717) is 0 Å². The molecule has 0 N–H and O–H groups in total. The zero-order chi connectivity index (χ0) is 7.49. The van der Waals surface area contributed by atoms with E-state index in [1.807, 2.05) is 0 Å². The Kier molecular flexibility index (Phi) is 2.48. The van der Waals surface area contributed by atoms with E-state index in [-0.39, 0.29) is 6.26 Å². The normalized spacial score (nSPS) is 11.7. The highest BCUT2D eigenvalue weighted by Gasteiger charge is 2.42. The molecule has 0 aliphatic carbocycles. The van der Waals surface area contributed by atoms with Gasteiger partial charge in [-0.3, -0.25) is 0 Å². The quantitative estimate of drug-likeness (QED) is 0.434. The topological polar surface area (TPSA) is 9.23 Å². The fourth-order valence-corrected chi connectivity index (χ4v) is 0.163. The summed E-state index contributed by atoms with van der Waals surface area (Å²) >= 11 is 0. The molecule has 0 aromatic carbocycles. The van der Waals surface area contributed by atoms with Crippen molar-refractivity contribution in [1.82, 2.24) is 0 Å². The van der Waals surface area contributed by atoms with Crippen molar-refractivity contribution in [2.24, 2.45) is 0 Å². The van der Waals surface area contributed by atoms with Crippen LogP contribution in [0.15, 0.2) is 12.8 Å². The average Bonchev–Trinajstić information content (AvgIpc) is 1.65. The molecule has 0 spiro atoms. The minimum Gasteiger partial charge on any atom is -0.437 e. The van der Waals surface area contributed by atoms with Crippen LogP contribution in [-0.2, 0) is 4.74 Å². The first-order chi connectivity index (χ1) is 4.00. The van der Waals surface area contributed by atoms with Crippen LogP contribution < -0.4 is 0 Å². The molecule has 9 heavy (non-hydrogen) atoms. The zero-order valence-corrected chi connectivity index (χ0v) is 4.28. The maximum Gasteiger partial charge on any atom is 0.460 e. The molecule has 1 nitrogen and oxygen atoms in total. The highest BCUT2D eigenvalue weighted by molar-refractivity contribution is 4.60.